The van der Waals surface area contributed by atoms with Crippen LogP contribution in [0, 0.1) is 0 Å². The third kappa shape index (κ3) is 4.30. The average Bonchev–Trinajstić information content (AvgIpc) is 2.46. The van der Waals surface area contributed by atoms with Crippen molar-refractivity contribution >= 4 is 35.0 Å². The van der Waals surface area contributed by atoms with Gasteiger partial charge < -0.3 is 5.32 Å². The van der Waals surface area contributed by atoms with E-state index in [4.69, 9.17) is 23.2 Å². The highest BCUT2D eigenvalue weighted by Gasteiger charge is 2.23. The largest absolute Gasteiger partial charge is 0.307 e. The van der Waals surface area contributed by atoms with Gasteiger partial charge in [0.1, 0.15) is 0 Å². The van der Waals surface area contributed by atoms with E-state index in [0.717, 1.165) is 16.7 Å². The molecule has 112 valence electrons. The summed E-state index contributed by atoms with van der Waals surface area (Å²) in [4.78, 5) is 0. The van der Waals surface area contributed by atoms with Crippen molar-refractivity contribution in [3.8, 4) is 0 Å². The van der Waals surface area contributed by atoms with Crippen molar-refractivity contribution in [1.29, 1.82) is 0 Å². The Morgan fingerprint density at radius 2 is 1.95 bits per heavy atom. The van der Waals surface area contributed by atoms with Crippen LogP contribution in [0.15, 0.2) is 18.2 Å². The van der Waals surface area contributed by atoms with Gasteiger partial charge in [0.15, 0.2) is 0 Å². The van der Waals surface area contributed by atoms with Crippen LogP contribution in [0.4, 0.5) is 0 Å². The summed E-state index contributed by atoms with van der Waals surface area (Å²) < 4.78 is 0. The Morgan fingerprint density at radius 1 is 1.25 bits per heavy atom. The Kier molecular flexibility index (Phi) is 6.54. The van der Waals surface area contributed by atoms with Crippen molar-refractivity contribution < 1.29 is 0 Å². The van der Waals surface area contributed by atoms with Crippen molar-refractivity contribution in [2.75, 3.05) is 6.26 Å². The minimum Gasteiger partial charge on any atom is -0.307 e. The smallest absolute Gasteiger partial charge is 0.0468 e. The third-order valence-corrected chi connectivity index (χ3v) is 5.89. The topological polar surface area (TPSA) is 12.0 Å². The van der Waals surface area contributed by atoms with Crippen LogP contribution >= 0.6 is 35.0 Å². The Bertz CT molecular complexity index is 430. The van der Waals surface area contributed by atoms with E-state index in [-0.39, 0.29) is 0 Å². The summed E-state index contributed by atoms with van der Waals surface area (Å²) in [5.74, 6) is 0. The lowest BCUT2D eigenvalue weighted by Crippen LogP contribution is -2.36. The zero-order valence-electron chi connectivity index (χ0n) is 12.2. The fourth-order valence-electron chi connectivity index (χ4n) is 2.96. The second kappa shape index (κ2) is 7.93. The molecule has 0 spiro atoms. The van der Waals surface area contributed by atoms with Gasteiger partial charge in [0.25, 0.3) is 0 Å². The minimum atomic E-state index is 0.329. The first-order valence-electron chi connectivity index (χ1n) is 7.37. The SMILES string of the molecule is CCC(NC1CCC(SC)CC1)c1ccc(Cl)cc1Cl. The molecular formula is C16H23Cl2NS. The van der Waals surface area contributed by atoms with E-state index in [1.54, 1.807) is 0 Å². The lowest BCUT2D eigenvalue weighted by molar-refractivity contribution is 0.339. The molecule has 0 saturated heterocycles. The molecule has 4 heteroatoms. The van der Waals surface area contributed by atoms with E-state index in [1.165, 1.54) is 31.2 Å². The molecule has 1 N–H and O–H groups in total. The maximum Gasteiger partial charge on any atom is 0.0468 e. The van der Waals surface area contributed by atoms with Gasteiger partial charge in [-0.05, 0) is 56.1 Å². The molecule has 20 heavy (non-hydrogen) atoms. The van der Waals surface area contributed by atoms with Crippen molar-refractivity contribution in [3.63, 3.8) is 0 Å². The summed E-state index contributed by atoms with van der Waals surface area (Å²) in [7, 11) is 0. The summed E-state index contributed by atoms with van der Waals surface area (Å²) in [5.41, 5.74) is 1.17. The minimum absolute atomic E-state index is 0.329. The van der Waals surface area contributed by atoms with Crippen molar-refractivity contribution in [1.82, 2.24) is 5.32 Å². The molecule has 1 saturated carbocycles. The zero-order chi connectivity index (χ0) is 14.5. The Labute approximate surface area is 136 Å². The molecule has 1 aromatic carbocycles. The summed E-state index contributed by atoms with van der Waals surface area (Å²) in [5, 5.41) is 6.12. The van der Waals surface area contributed by atoms with Gasteiger partial charge in [0, 0.05) is 27.4 Å². The van der Waals surface area contributed by atoms with Gasteiger partial charge in [-0.25, -0.2) is 0 Å². The van der Waals surface area contributed by atoms with Crippen molar-refractivity contribution in [2.45, 2.75) is 56.4 Å². The monoisotopic (exact) mass is 331 g/mol. The molecule has 1 aliphatic rings. The molecular weight excluding hydrogens is 309 g/mol. The molecule has 1 nitrogen and oxygen atoms in total. The summed E-state index contributed by atoms with van der Waals surface area (Å²) in [6.07, 6.45) is 8.46. The van der Waals surface area contributed by atoms with E-state index in [1.807, 2.05) is 23.9 Å². The van der Waals surface area contributed by atoms with Crippen LogP contribution in [0.25, 0.3) is 0 Å². The summed E-state index contributed by atoms with van der Waals surface area (Å²) >= 11 is 14.3. The lowest BCUT2D eigenvalue weighted by atomic mass is 9.93. The van der Waals surface area contributed by atoms with Gasteiger partial charge in [-0.1, -0.05) is 36.2 Å². The van der Waals surface area contributed by atoms with Crippen LogP contribution in [-0.2, 0) is 0 Å². The molecule has 0 amide bonds. The van der Waals surface area contributed by atoms with Crippen molar-refractivity contribution in [2.24, 2.45) is 0 Å². The normalized spacial score (nSPS) is 24.6. The van der Waals surface area contributed by atoms with Gasteiger partial charge in [-0.15, -0.1) is 0 Å². The number of hydrogen-bond acceptors (Lipinski definition) is 2. The standard InChI is InChI=1S/C16H23Cl2NS/c1-3-16(14-9-4-11(17)10-15(14)18)19-12-5-7-13(20-2)8-6-12/h4,9-10,12-13,16,19H,3,5-8H2,1-2H3. The molecule has 1 fully saturated rings. The number of halogens is 2. The van der Waals surface area contributed by atoms with Crippen LogP contribution in [0.2, 0.25) is 10.0 Å². The van der Waals surface area contributed by atoms with Crippen LogP contribution in [0.3, 0.4) is 0 Å². The van der Waals surface area contributed by atoms with E-state index in [2.05, 4.69) is 24.6 Å². The highest BCUT2D eigenvalue weighted by molar-refractivity contribution is 7.99. The quantitative estimate of drug-likeness (QED) is 0.741. The molecule has 1 unspecified atom stereocenters. The number of nitrogens with one attached hydrogen (secondary N) is 1. The highest BCUT2D eigenvalue weighted by atomic mass is 35.5. The fraction of sp³-hybridized carbons (Fsp3) is 0.625. The molecule has 1 atom stereocenters. The maximum atomic E-state index is 6.34. The molecule has 0 bridgehead atoms. The molecule has 1 aromatic rings. The molecule has 0 aromatic heterocycles. The van der Waals surface area contributed by atoms with Crippen LogP contribution in [0.5, 0.6) is 0 Å². The predicted octanol–water partition coefficient (Wildman–Crippen LogP) is 5.71. The molecule has 2 rings (SSSR count). The van der Waals surface area contributed by atoms with E-state index in [9.17, 15) is 0 Å². The summed E-state index contributed by atoms with van der Waals surface area (Å²) in [6.45, 7) is 2.20. The number of rotatable bonds is 5. The number of hydrogen-bond donors (Lipinski definition) is 1. The highest BCUT2D eigenvalue weighted by Crippen LogP contribution is 2.31. The van der Waals surface area contributed by atoms with Crippen LogP contribution in [0.1, 0.15) is 50.6 Å². The lowest BCUT2D eigenvalue weighted by Gasteiger charge is -2.31. The average molecular weight is 332 g/mol. The van der Waals surface area contributed by atoms with E-state index >= 15 is 0 Å². The first-order chi connectivity index (χ1) is 9.63. The fourth-order valence-corrected chi connectivity index (χ4v) is 4.25. The second-order valence-corrected chi connectivity index (χ2v) is 7.48. The third-order valence-electron chi connectivity index (χ3n) is 4.19. The molecule has 0 radical (unpaired) electrons. The Hall–Kier alpha value is 0.110. The summed E-state index contributed by atoms with van der Waals surface area (Å²) in [6, 6.07) is 6.77. The molecule has 1 aliphatic carbocycles. The number of benzene rings is 1. The van der Waals surface area contributed by atoms with Crippen LogP contribution in [-0.4, -0.2) is 17.5 Å². The van der Waals surface area contributed by atoms with Crippen LogP contribution < -0.4 is 5.32 Å². The Balaban J connectivity index is 1.99. The van der Waals surface area contributed by atoms with E-state index in [0.29, 0.717) is 17.1 Å². The van der Waals surface area contributed by atoms with Gasteiger partial charge in [0.05, 0.1) is 0 Å². The zero-order valence-corrected chi connectivity index (χ0v) is 14.5. The van der Waals surface area contributed by atoms with E-state index < -0.39 is 0 Å². The maximum absolute atomic E-state index is 6.34. The Morgan fingerprint density at radius 3 is 2.50 bits per heavy atom. The van der Waals surface area contributed by atoms with Gasteiger partial charge in [0.2, 0.25) is 0 Å². The predicted molar refractivity (Wildman–Crippen MR) is 92.2 cm³/mol. The van der Waals surface area contributed by atoms with Gasteiger partial charge in [-0.3, -0.25) is 0 Å². The first kappa shape index (κ1) is 16.5. The number of thioether (sulfide) groups is 1. The van der Waals surface area contributed by atoms with Crippen molar-refractivity contribution in [3.05, 3.63) is 33.8 Å². The van der Waals surface area contributed by atoms with Gasteiger partial charge >= 0.3 is 0 Å². The van der Waals surface area contributed by atoms with Gasteiger partial charge in [-0.2, -0.15) is 11.8 Å². The molecule has 0 aliphatic heterocycles. The molecule has 0 heterocycles. The first-order valence-corrected chi connectivity index (χ1v) is 9.42. The second-order valence-electron chi connectivity index (χ2n) is 5.50.